The number of pyridine rings is 1. The lowest BCUT2D eigenvalue weighted by Gasteiger charge is -2.11. The molecule has 0 aliphatic carbocycles. The van der Waals surface area contributed by atoms with E-state index in [1.807, 2.05) is 25.1 Å². The summed E-state index contributed by atoms with van der Waals surface area (Å²) >= 11 is 0. The number of nitrogens with zero attached hydrogens (tertiary/aromatic N) is 2. The van der Waals surface area contributed by atoms with Crippen molar-refractivity contribution < 1.29 is 9.66 Å². The van der Waals surface area contributed by atoms with E-state index in [4.69, 9.17) is 4.74 Å². The Labute approximate surface area is 122 Å². The highest BCUT2D eigenvalue weighted by molar-refractivity contribution is 5.43. The van der Waals surface area contributed by atoms with E-state index in [9.17, 15) is 10.1 Å². The molecule has 0 atom stereocenters. The first-order valence-electron chi connectivity index (χ1n) is 6.57. The van der Waals surface area contributed by atoms with Gasteiger partial charge in [0.25, 0.3) is 5.69 Å². The molecular weight excluding hydrogens is 270 g/mol. The van der Waals surface area contributed by atoms with Gasteiger partial charge >= 0.3 is 0 Å². The van der Waals surface area contributed by atoms with Crippen LogP contribution in [0.25, 0.3) is 0 Å². The summed E-state index contributed by atoms with van der Waals surface area (Å²) in [5, 5.41) is 13.8. The molecule has 1 aromatic carbocycles. The molecule has 21 heavy (non-hydrogen) atoms. The molecule has 0 aliphatic heterocycles. The first kappa shape index (κ1) is 14.9. The first-order valence-corrected chi connectivity index (χ1v) is 6.57. The summed E-state index contributed by atoms with van der Waals surface area (Å²) in [6.45, 7) is 2.75. The second kappa shape index (κ2) is 6.81. The summed E-state index contributed by atoms with van der Waals surface area (Å²) < 4.78 is 5.74. The maximum absolute atomic E-state index is 10.8. The number of hydrogen-bond donors (Lipinski definition) is 1. The zero-order valence-corrected chi connectivity index (χ0v) is 12.0. The summed E-state index contributed by atoms with van der Waals surface area (Å²) in [6, 6.07) is 10.3. The van der Waals surface area contributed by atoms with Crippen molar-refractivity contribution in [2.45, 2.75) is 20.1 Å². The van der Waals surface area contributed by atoms with Crippen molar-refractivity contribution in [2.24, 2.45) is 0 Å². The predicted molar refractivity (Wildman–Crippen MR) is 79.2 cm³/mol. The topological polar surface area (TPSA) is 77.3 Å². The van der Waals surface area contributed by atoms with E-state index in [0.29, 0.717) is 18.9 Å². The van der Waals surface area contributed by atoms with Crippen molar-refractivity contribution >= 4 is 5.69 Å². The molecule has 1 heterocycles. The van der Waals surface area contributed by atoms with E-state index >= 15 is 0 Å². The van der Waals surface area contributed by atoms with Gasteiger partial charge in [0, 0.05) is 29.9 Å². The summed E-state index contributed by atoms with van der Waals surface area (Å²) in [5.74, 6) is 0.623. The Morgan fingerprint density at radius 3 is 2.81 bits per heavy atom. The molecule has 0 saturated heterocycles. The van der Waals surface area contributed by atoms with Gasteiger partial charge in [0.05, 0.1) is 10.6 Å². The largest absolute Gasteiger partial charge is 0.487 e. The van der Waals surface area contributed by atoms with Crippen LogP contribution in [0.4, 0.5) is 5.69 Å². The minimum absolute atomic E-state index is 0.0567. The Hall–Kier alpha value is -2.47. The number of aromatic nitrogens is 1. The normalized spacial score (nSPS) is 10.4. The molecular formula is C15H17N3O3. The number of rotatable bonds is 6. The monoisotopic (exact) mass is 287 g/mol. The quantitative estimate of drug-likeness (QED) is 0.652. The average molecular weight is 287 g/mol. The van der Waals surface area contributed by atoms with Crippen LogP contribution >= 0.6 is 0 Å². The number of benzene rings is 1. The molecule has 0 amide bonds. The van der Waals surface area contributed by atoms with E-state index in [1.165, 1.54) is 12.1 Å². The number of aryl methyl sites for hydroxylation is 1. The molecule has 0 spiro atoms. The minimum atomic E-state index is -0.412. The minimum Gasteiger partial charge on any atom is -0.487 e. The zero-order chi connectivity index (χ0) is 15.2. The highest BCUT2D eigenvalue weighted by Crippen LogP contribution is 2.24. The van der Waals surface area contributed by atoms with E-state index in [2.05, 4.69) is 10.3 Å². The van der Waals surface area contributed by atoms with Crippen LogP contribution in [0, 0.1) is 17.0 Å². The molecule has 6 heteroatoms. The average Bonchev–Trinajstić information content (AvgIpc) is 2.46. The van der Waals surface area contributed by atoms with Crippen LogP contribution in [0.3, 0.4) is 0 Å². The van der Waals surface area contributed by atoms with Crippen LogP contribution < -0.4 is 10.1 Å². The molecule has 110 valence electrons. The van der Waals surface area contributed by atoms with Crippen LogP contribution in [0.5, 0.6) is 5.75 Å². The zero-order valence-electron chi connectivity index (χ0n) is 12.0. The molecule has 6 nitrogen and oxygen atoms in total. The molecule has 1 aromatic heterocycles. The van der Waals surface area contributed by atoms with Crippen LogP contribution in [0.2, 0.25) is 0 Å². The fourth-order valence-electron chi connectivity index (χ4n) is 1.98. The number of nitro benzene ring substituents is 1. The predicted octanol–water partition coefficient (Wildman–Crippen LogP) is 2.60. The fraction of sp³-hybridized carbons (Fsp3) is 0.267. The van der Waals surface area contributed by atoms with Crippen molar-refractivity contribution in [1.82, 2.24) is 10.3 Å². The van der Waals surface area contributed by atoms with Crippen LogP contribution in [-0.2, 0) is 13.2 Å². The van der Waals surface area contributed by atoms with Crippen molar-refractivity contribution in [3.63, 3.8) is 0 Å². The molecule has 0 radical (unpaired) electrons. The summed E-state index contributed by atoms with van der Waals surface area (Å²) in [7, 11) is 1.78. The molecule has 0 fully saturated rings. The number of non-ortho nitro benzene ring substituents is 1. The fourth-order valence-corrected chi connectivity index (χ4v) is 1.98. The third-order valence-corrected chi connectivity index (χ3v) is 2.94. The van der Waals surface area contributed by atoms with E-state index in [1.54, 1.807) is 13.1 Å². The standard InChI is InChI=1S/C15H17N3O3/c1-11-4-3-5-13(17-11)10-21-15-7-6-14(18(19)20)8-12(15)9-16-2/h3-8,16H,9-10H2,1-2H3. The number of nitrogens with one attached hydrogen (secondary N) is 1. The van der Waals surface area contributed by atoms with Crippen molar-refractivity contribution in [1.29, 1.82) is 0 Å². The van der Waals surface area contributed by atoms with Gasteiger partial charge in [-0.2, -0.15) is 0 Å². The van der Waals surface area contributed by atoms with Crippen LogP contribution in [0.1, 0.15) is 17.0 Å². The Balaban J connectivity index is 2.16. The molecule has 2 aromatic rings. The van der Waals surface area contributed by atoms with Gasteiger partial charge in [-0.15, -0.1) is 0 Å². The number of hydrogen-bond acceptors (Lipinski definition) is 5. The summed E-state index contributed by atoms with van der Waals surface area (Å²) in [4.78, 5) is 14.8. The molecule has 0 unspecified atom stereocenters. The van der Waals surface area contributed by atoms with E-state index in [0.717, 1.165) is 17.0 Å². The van der Waals surface area contributed by atoms with Gasteiger partial charge < -0.3 is 10.1 Å². The van der Waals surface area contributed by atoms with Gasteiger partial charge in [-0.3, -0.25) is 15.1 Å². The SMILES string of the molecule is CNCc1cc([N+](=O)[O-])ccc1OCc1cccc(C)n1. The molecule has 1 N–H and O–H groups in total. The Kier molecular flexibility index (Phi) is 4.84. The van der Waals surface area contributed by atoms with Crippen molar-refractivity contribution in [2.75, 3.05) is 7.05 Å². The van der Waals surface area contributed by atoms with Crippen LogP contribution in [0.15, 0.2) is 36.4 Å². The van der Waals surface area contributed by atoms with Gasteiger partial charge in [0.1, 0.15) is 12.4 Å². The van der Waals surface area contributed by atoms with Gasteiger partial charge in [-0.1, -0.05) is 6.07 Å². The first-order chi connectivity index (χ1) is 10.1. The Bertz CT molecular complexity index is 644. The maximum Gasteiger partial charge on any atom is 0.270 e. The third-order valence-electron chi connectivity index (χ3n) is 2.94. The Morgan fingerprint density at radius 2 is 2.14 bits per heavy atom. The van der Waals surface area contributed by atoms with Gasteiger partial charge in [-0.25, -0.2) is 0 Å². The Morgan fingerprint density at radius 1 is 1.33 bits per heavy atom. The van der Waals surface area contributed by atoms with Gasteiger partial charge in [0.15, 0.2) is 0 Å². The molecule has 0 bridgehead atoms. The summed E-state index contributed by atoms with van der Waals surface area (Å²) in [5.41, 5.74) is 2.56. The lowest BCUT2D eigenvalue weighted by molar-refractivity contribution is -0.384. The maximum atomic E-state index is 10.8. The second-order valence-electron chi connectivity index (χ2n) is 4.64. The third kappa shape index (κ3) is 4.00. The number of ether oxygens (including phenoxy) is 1. The molecule has 2 rings (SSSR count). The summed E-state index contributed by atoms with van der Waals surface area (Å²) in [6.07, 6.45) is 0. The van der Waals surface area contributed by atoms with E-state index < -0.39 is 4.92 Å². The van der Waals surface area contributed by atoms with Gasteiger partial charge in [0.2, 0.25) is 0 Å². The smallest absolute Gasteiger partial charge is 0.270 e. The highest BCUT2D eigenvalue weighted by Gasteiger charge is 2.11. The van der Waals surface area contributed by atoms with Crippen LogP contribution in [-0.4, -0.2) is 17.0 Å². The van der Waals surface area contributed by atoms with Crippen molar-refractivity contribution in [3.8, 4) is 5.75 Å². The second-order valence-corrected chi connectivity index (χ2v) is 4.64. The van der Waals surface area contributed by atoms with Gasteiger partial charge in [-0.05, 0) is 32.2 Å². The molecule has 0 aliphatic rings. The molecule has 0 saturated carbocycles. The lowest BCUT2D eigenvalue weighted by atomic mass is 10.1. The van der Waals surface area contributed by atoms with E-state index in [-0.39, 0.29) is 5.69 Å². The van der Waals surface area contributed by atoms with Crippen molar-refractivity contribution in [3.05, 3.63) is 63.5 Å². The highest BCUT2D eigenvalue weighted by atomic mass is 16.6. The number of nitro groups is 1. The lowest BCUT2D eigenvalue weighted by Crippen LogP contribution is -2.08.